The fourth-order valence-electron chi connectivity index (χ4n) is 2.41. The molecule has 0 bridgehead atoms. The zero-order chi connectivity index (χ0) is 16.1. The van der Waals surface area contributed by atoms with Crippen molar-refractivity contribution in [2.24, 2.45) is 0 Å². The molecule has 2 aromatic carbocycles. The molecule has 0 radical (unpaired) electrons. The smallest absolute Gasteiger partial charge is 0.175 e. The van der Waals surface area contributed by atoms with E-state index in [0.29, 0.717) is 19.3 Å². The molecular weight excluding hydrogens is 354 g/mol. The number of hydrogen-bond donors (Lipinski definition) is 1. The van der Waals surface area contributed by atoms with Gasteiger partial charge in [-0.05, 0) is 59.0 Å². The van der Waals surface area contributed by atoms with Crippen molar-refractivity contribution >= 4 is 15.9 Å². The van der Waals surface area contributed by atoms with E-state index >= 15 is 0 Å². The van der Waals surface area contributed by atoms with E-state index in [0.717, 1.165) is 28.1 Å². The Hall–Kier alpha value is -1.52. The minimum Gasteiger partial charge on any atom is -0.490 e. The molecule has 0 aliphatic heterocycles. The van der Waals surface area contributed by atoms with E-state index in [4.69, 9.17) is 9.47 Å². The molecule has 0 amide bonds. The van der Waals surface area contributed by atoms with Gasteiger partial charge in [-0.1, -0.05) is 30.3 Å². The van der Waals surface area contributed by atoms with Crippen molar-refractivity contribution in [2.45, 2.75) is 39.0 Å². The van der Waals surface area contributed by atoms with E-state index in [2.05, 4.69) is 45.5 Å². The summed E-state index contributed by atoms with van der Waals surface area (Å²) in [5.41, 5.74) is 2.35. The second-order valence-electron chi connectivity index (χ2n) is 5.77. The maximum Gasteiger partial charge on any atom is 0.175 e. The second kappa shape index (κ2) is 7.84. The van der Waals surface area contributed by atoms with E-state index in [1.165, 1.54) is 18.4 Å². The van der Waals surface area contributed by atoms with Crippen molar-refractivity contribution < 1.29 is 9.47 Å². The number of nitrogens with one attached hydrogen (secondary N) is 1. The Morgan fingerprint density at radius 3 is 2.57 bits per heavy atom. The average molecular weight is 376 g/mol. The highest BCUT2D eigenvalue weighted by atomic mass is 79.9. The van der Waals surface area contributed by atoms with E-state index < -0.39 is 0 Å². The van der Waals surface area contributed by atoms with Crippen LogP contribution in [0.5, 0.6) is 11.5 Å². The topological polar surface area (TPSA) is 30.5 Å². The lowest BCUT2D eigenvalue weighted by Crippen LogP contribution is -2.15. The van der Waals surface area contributed by atoms with Crippen LogP contribution in [0.1, 0.15) is 30.9 Å². The maximum atomic E-state index is 6.01. The van der Waals surface area contributed by atoms with Gasteiger partial charge in [0.1, 0.15) is 6.61 Å². The summed E-state index contributed by atoms with van der Waals surface area (Å²) in [5.74, 6) is 1.57. The molecule has 1 aliphatic carbocycles. The van der Waals surface area contributed by atoms with E-state index in [1.54, 1.807) is 0 Å². The van der Waals surface area contributed by atoms with Gasteiger partial charge in [0.2, 0.25) is 0 Å². The van der Waals surface area contributed by atoms with Crippen molar-refractivity contribution in [1.29, 1.82) is 0 Å². The van der Waals surface area contributed by atoms with Crippen molar-refractivity contribution in [1.82, 2.24) is 5.32 Å². The van der Waals surface area contributed by atoms with Gasteiger partial charge in [-0.2, -0.15) is 0 Å². The number of ether oxygens (including phenoxy) is 2. The fraction of sp³-hybridized carbons (Fsp3) is 0.368. The Balaban J connectivity index is 1.73. The Labute approximate surface area is 146 Å². The lowest BCUT2D eigenvalue weighted by Gasteiger charge is -2.16. The molecule has 4 heteroatoms. The van der Waals surface area contributed by atoms with Crippen LogP contribution in [0.2, 0.25) is 0 Å². The van der Waals surface area contributed by atoms with Crippen LogP contribution in [-0.2, 0) is 13.2 Å². The van der Waals surface area contributed by atoms with Crippen molar-refractivity contribution in [3.63, 3.8) is 0 Å². The summed E-state index contributed by atoms with van der Waals surface area (Å²) in [6.45, 7) is 4.00. The summed E-state index contributed by atoms with van der Waals surface area (Å²) in [7, 11) is 0. The van der Waals surface area contributed by atoms with Gasteiger partial charge in [0, 0.05) is 12.6 Å². The first-order valence-electron chi connectivity index (χ1n) is 8.11. The lowest BCUT2D eigenvalue weighted by atomic mass is 10.2. The number of benzene rings is 2. The first-order valence-corrected chi connectivity index (χ1v) is 8.91. The standard InChI is InChI=1S/C19H22BrNO2/c1-2-22-18-11-15(12-21-16-8-9-16)10-17(20)19(18)23-13-14-6-4-3-5-7-14/h3-7,10-11,16,21H,2,8-9,12-13H2,1H3. The summed E-state index contributed by atoms with van der Waals surface area (Å²) in [6, 6.07) is 15.0. The van der Waals surface area contributed by atoms with Gasteiger partial charge in [0.05, 0.1) is 11.1 Å². The van der Waals surface area contributed by atoms with Crippen LogP contribution in [-0.4, -0.2) is 12.6 Å². The van der Waals surface area contributed by atoms with Crippen LogP contribution >= 0.6 is 15.9 Å². The third-order valence-corrected chi connectivity index (χ3v) is 4.36. The van der Waals surface area contributed by atoms with Crippen LogP contribution < -0.4 is 14.8 Å². The number of hydrogen-bond acceptors (Lipinski definition) is 3. The maximum absolute atomic E-state index is 6.01. The molecule has 0 atom stereocenters. The monoisotopic (exact) mass is 375 g/mol. The van der Waals surface area contributed by atoms with Crippen molar-refractivity contribution in [2.75, 3.05) is 6.61 Å². The van der Waals surface area contributed by atoms with Gasteiger partial charge in [-0.25, -0.2) is 0 Å². The van der Waals surface area contributed by atoms with Crippen LogP contribution in [0, 0.1) is 0 Å². The van der Waals surface area contributed by atoms with E-state index in [9.17, 15) is 0 Å². The Bertz CT molecular complexity index is 641. The van der Waals surface area contributed by atoms with E-state index in [-0.39, 0.29) is 0 Å². The average Bonchev–Trinajstić information content (AvgIpc) is 3.38. The normalized spacial score (nSPS) is 13.8. The molecule has 1 fully saturated rings. The van der Waals surface area contributed by atoms with Crippen LogP contribution in [0.4, 0.5) is 0 Å². The van der Waals surface area contributed by atoms with Gasteiger partial charge >= 0.3 is 0 Å². The zero-order valence-corrected chi connectivity index (χ0v) is 14.9. The molecule has 1 saturated carbocycles. The molecule has 0 spiro atoms. The molecule has 3 nitrogen and oxygen atoms in total. The summed E-state index contributed by atoms with van der Waals surface area (Å²) in [6.07, 6.45) is 2.58. The van der Waals surface area contributed by atoms with Gasteiger partial charge < -0.3 is 14.8 Å². The highest BCUT2D eigenvalue weighted by Gasteiger charge is 2.20. The lowest BCUT2D eigenvalue weighted by molar-refractivity contribution is 0.267. The molecule has 0 aromatic heterocycles. The molecule has 122 valence electrons. The SMILES string of the molecule is CCOc1cc(CNC2CC2)cc(Br)c1OCc1ccccc1. The first-order chi connectivity index (χ1) is 11.3. The van der Waals surface area contributed by atoms with Crippen molar-refractivity contribution in [3.05, 3.63) is 58.1 Å². The summed E-state index contributed by atoms with van der Waals surface area (Å²) in [5, 5.41) is 3.53. The highest BCUT2D eigenvalue weighted by Crippen LogP contribution is 2.37. The molecule has 1 N–H and O–H groups in total. The quantitative estimate of drug-likeness (QED) is 0.726. The van der Waals surface area contributed by atoms with Gasteiger partial charge in [-0.3, -0.25) is 0 Å². The Kier molecular flexibility index (Phi) is 5.57. The zero-order valence-electron chi connectivity index (χ0n) is 13.3. The van der Waals surface area contributed by atoms with Gasteiger partial charge in [-0.15, -0.1) is 0 Å². The van der Waals surface area contributed by atoms with E-state index in [1.807, 2.05) is 25.1 Å². The third kappa shape index (κ3) is 4.72. The summed E-state index contributed by atoms with van der Waals surface area (Å²) < 4.78 is 12.7. The van der Waals surface area contributed by atoms with Crippen LogP contribution in [0.15, 0.2) is 46.9 Å². The molecule has 2 aromatic rings. The molecule has 1 aliphatic rings. The van der Waals surface area contributed by atoms with Crippen LogP contribution in [0.25, 0.3) is 0 Å². The fourth-order valence-corrected chi connectivity index (χ4v) is 3.01. The highest BCUT2D eigenvalue weighted by molar-refractivity contribution is 9.10. The molecular formula is C19H22BrNO2. The summed E-state index contributed by atoms with van der Waals surface area (Å²) >= 11 is 3.63. The van der Waals surface area contributed by atoms with Crippen LogP contribution in [0.3, 0.4) is 0 Å². The predicted molar refractivity (Wildman–Crippen MR) is 95.9 cm³/mol. The summed E-state index contributed by atoms with van der Waals surface area (Å²) in [4.78, 5) is 0. The third-order valence-electron chi connectivity index (χ3n) is 3.77. The minimum absolute atomic E-state index is 0.527. The molecule has 0 saturated heterocycles. The Morgan fingerprint density at radius 1 is 1.09 bits per heavy atom. The van der Waals surface area contributed by atoms with Crippen molar-refractivity contribution in [3.8, 4) is 11.5 Å². The minimum atomic E-state index is 0.527. The largest absolute Gasteiger partial charge is 0.490 e. The van der Waals surface area contributed by atoms with Gasteiger partial charge in [0.25, 0.3) is 0 Å². The molecule has 3 rings (SSSR count). The first kappa shape index (κ1) is 16.3. The second-order valence-corrected chi connectivity index (χ2v) is 6.62. The molecule has 0 heterocycles. The molecule has 23 heavy (non-hydrogen) atoms. The Morgan fingerprint density at radius 2 is 1.87 bits per heavy atom. The number of rotatable bonds is 8. The number of halogens is 1. The predicted octanol–water partition coefficient (Wildman–Crippen LogP) is 4.68. The van der Waals surface area contributed by atoms with Gasteiger partial charge in [0.15, 0.2) is 11.5 Å². The molecule has 0 unspecified atom stereocenters.